The van der Waals surface area contributed by atoms with Crippen LogP contribution in [0, 0.1) is 20.8 Å². The maximum Gasteiger partial charge on any atom is 0.262 e. The summed E-state index contributed by atoms with van der Waals surface area (Å²) in [6.45, 7) is 10.9. The topological polar surface area (TPSA) is 91.0 Å². The van der Waals surface area contributed by atoms with Gasteiger partial charge in [-0.1, -0.05) is 17.7 Å². The van der Waals surface area contributed by atoms with E-state index in [9.17, 15) is 13.2 Å². The summed E-state index contributed by atoms with van der Waals surface area (Å²) in [6, 6.07) is 8.99. The summed E-state index contributed by atoms with van der Waals surface area (Å²) in [7, 11) is -3.81. The van der Waals surface area contributed by atoms with Crippen molar-refractivity contribution in [2.45, 2.75) is 25.7 Å². The molecule has 2 aromatic carbocycles. The molecule has 8 nitrogen and oxygen atoms in total. The molecule has 2 aromatic rings. The molecule has 2 N–H and O–H groups in total. The third kappa shape index (κ3) is 5.15. The third-order valence-corrected chi connectivity index (χ3v) is 7.79. The van der Waals surface area contributed by atoms with Gasteiger partial charge in [0.2, 0.25) is 0 Å². The summed E-state index contributed by atoms with van der Waals surface area (Å²) in [6.07, 6.45) is 0. The molecule has 2 fully saturated rings. The number of anilines is 2. The van der Waals surface area contributed by atoms with Gasteiger partial charge in [-0.2, -0.15) is 0 Å². The Morgan fingerprint density at radius 3 is 2.24 bits per heavy atom. The largest absolute Gasteiger partial charge is 0.378 e. The van der Waals surface area contributed by atoms with Crippen molar-refractivity contribution < 1.29 is 17.9 Å². The number of benzene rings is 2. The number of ether oxygens (including phenoxy) is 1. The van der Waals surface area contributed by atoms with Gasteiger partial charge in [0.15, 0.2) is 0 Å². The lowest BCUT2D eigenvalue weighted by Crippen LogP contribution is -2.45. The van der Waals surface area contributed by atoms with Gasteiger partial charge in [-0.15, -0.1) is 0 Å². The molecule has 4 rings (SSSR count). The highest BCUT2D eigenvalue weighted by Gasteiger charge is 2.26. The van der Waals surface area contributed by atoms with Gasteiger partial charge in [-0.05, 0) is 50.1 Å². The molecule has 0 bridgehead atoms. The van der Waals surface area contributed by atoms with Crippen molar-refractivity contribution in [3.05, 3.63) is 52.6 Å². The number of aryl methyl sites for hydroxylation is 3. The summed E-state index contributed by atoms with van der Waals surface area (Å²) in [5.74, 6) is -0.101. The highest BCUT2D eigenvalue weighted by molar-refractivity contribution is 7.92. The summed E-state index contributed by atoms with van der Waals surface area (Å²) in [5.41, 5.74) is 4.13. The van der Waals surface area contributed by atoms with Crippen molar-refractivity contribution >= 4 is 27.3 Å². The molecule has 0 unspecified atom stereocenters. The van der Waals surface area contributed by atoms with E-state index in [1.807, 2.05) is 25.1 Å². The normalized spacial score (nSPS) is 17.2. The van der Waals surface area contributed by atoms with Crippen LogP contribution >= 0.6 is 0 Å². The summed E-state index contributed by atoms with van der Waals surface area (Å²) >= 11 is 0. The van der Waals surface area contributed by atoms with Crippen LogP contribution in [0.15, 0.2) is 35.2 Å². The van der Waals surface area contributed by atoms with Gasteiger partial charge < -0.3 is 19.9 Å². The SMILES string of the molecule is Cc1cc(C)c(S(=O)(=O)Nc2ccc(N3CCNCC3)c(C(=O)N3CCOCC3)c2)c(C)c1. The fourth-order valence-electron chi connectivity index (χ4n) is 4.69. The molecule has 0 radical (unpaired) electrons. The number of sulfonamides is 1. The number of hydrogen-bond donors (Lipinski definition) is 2. The van der Waals surface area contributed by atoms with Crippen molar-refractivity contribution in [1.29, 1.82) is 0 Å². The Morgan fingerprint density at radius 2 is 1.61 bits per heavy atom. The fourth-order valence-corrected chi connectivity index (χ4v) is 6.19. The van der Waals surface area contributed by atoms with E-state index in [-0.39, 0.29) is 10.8 Å². The van der Waals surface area contributed by atoms with Crippen LogP contribution in [0.4, 0.5) is 11.4 Å². The number of nitrogens with zero attached hydrogens (tertiary/aromatic N) is 2. The quantitative estimate of drug-likeness (QED) is 0.694. The van der Waals surface area contributed by atoms with Gasteiger partial charge in [0, 0.05) is 50.6 Å². The van der Waals surface area contributed by atoms with E-state index in [0.717, 1.165) is 37.4 Å². The first-order valence-corrected chi connectivity index (χ1v) is 12.8. The van der Waals surface area contributed by atoms with Crippen LogP contribution in [-0.2, 0) is 14.8 Å². The van der Waals surface area contributed by atoms with Crippen molar-refractivity contribution in [3.8, 4) is 0 Å². The second-order valence-electron chi connectivity index (χ2n) is 8.71. The van der Waals surface area contributed by atoms with Crippen molar-refractivity contribution in [3.63, 3.8) is 0 Å². The monoisotopic (exact) mass is 472 g/mol. The number of piperazine rings is 1. The van der Waals surface area contributed by atoms with E-state index in [4.69, 9.17) is 4.74 Å². The smallest absolute Gasteiger partial charge is 0.262 e. The Bertz CT molecular complexity index is 1110. The lowest BCUT2D eigenvalue weighted by atomic mass is 10.1. The van der Waals surface area contributed by atoms with Crippen LogP contribution in [0.25, 0.3) is 0 Å². The Balaban J connectivity index is 1.70. The number of hydrogen-bond acceptors (Lipinski definition) is 6. The first-order valence-electron chi connectivity index (χ1n) is 11.3. The van der Waals surface area contributed by atoms with Crippen LogP contribution in [0.3, 0.4) is 0 Å². The molecule has 33 heavy (non-hydrogen) atoms. The Morgan fingerprint density at radius 1 is 0.970 bits per heavy atom. The average molecular weight is 473 g/mol. The van der Waals surface area contributed by atoms with Gasteiger partial charge in [0.25, 0.3) is 15.9 Å². The number of morpholine rings is 1. The van der Waals surface area contributed by atoms with E-state index >= 15 is 0 Å². The standard InChI is InChI=1S/C24H32N4O4S/c1-17-14-18(2)23(19(3)15-17)33(30,31)26-20-4-5-22(27-8-6-25-7-9-27)21(16-20)24(29)28-10-12-32-13-11-28/h4-5,14-16,25-26H,6-13H2,1-3H3. The van der Waals surface area contributed by atoms with Gasteiger partial charge >= 0.3 is 0 Å². The predicted molar refractivity (Wildman–Crippen MR) is 130 cm³/mol. The molecule has 178 valence electrons. The maximum absolute atomic E-state index is 13.4. The average Bonchev–Trinajstić information content (AvgIpc) is 2.78. The molecule has 2 aliphatic heterocycles. The van der Waals surface area contributed by atoms with Crippen LogP contribution in [0.5, 0.6) is 0 Å². The van der Waals surface area contributed by atoms with Gasteiger partial charge in [-0.3, -0.25) is 9.52 Å². The van der Waals surface area contributed by atoms with Crippen molar-refractivity contribution in [2.24, 2.45) is 0 Å². The van der Waals surface area contributed by atoms with Crippen LogP contribution in [0.1, 0.15) is 27.0 Å². The molecular formula is C24H32N4O4S. The lowest BCUT2D eigenvalue weighted by Gasteiger charge is -2.33. The molecule has 2 saturated heterocycles. The molecule has 2 aliphatic rings. The third-order valence-electron chi connectivity index (χ3n) is 6.11. The zero-order valence-corrected chi connectivity index (χ0v) is 20.3. The molecule has 0 atom stereocenters. The number of amides is 1. The van der Waals surface area contributed by atoms with E-state index in [1.165, 1.54) is 0 Å². The van der Waals surface area contributed by atoms with Gasteiger partial charge in [0.05, 0.1) is 23.7 Å². The van der Waals surface area contributed by atoms with Crippen LogP contribution in [-0.4, -0.2) is 71.7 Å². The zero-order valence-electron chi connectivity index (χ0n) is 19.5. The number of nitrogens with one attached hydrogen (secondary N) is 2. The van der Waals surface area contributed by atoms with Crippen molar-refractivity contribution in [2.75, 3.05) is 62.1 Å². The van der Waals surface area contributed by atoms with Crippen LogP contribution in [0.2, 0.25) is 0 Å². The molecule has 0 saturated carbocycles. The minimum absolute atomic E-state index is 0.101. The maximum atomic E-state index is 13.4. The summed E-state index contributed by atoms with van der Waals surface area (Å²) < 4.78 is 34.7. The molecule has 2 heterocycles. The van der Waals surface area contributed by atoms with E-state index in [2.05, 4.69) is 14.9 Å². The summed E-state index contributed by atoms with van der Waals surface area (Å²) in [4.78, 5) is 17.7. The molecule has 0 spiro atoms. The molecule has 0 aliphatic carbocycles. The molecule has 1 amide bonds. The first-order chi connectivity index (χ1) is 15.8. The van der Waals surface area contributed by atoms with Gasteiger partial charge in [-0.25, -0.2) is 8.42 Å². The van der Waals surface area contributed by atoms with E-state index in [1.54, 1.807) is 30.9 Å². The zero-order chi connectivity index (χ0) is 23.6. The minimum atomic E-state index is -3.81. The van der Waals surface area contributed by atoms with Gasteiger partial charge in [0.1, 0.15) is 0 Å². The second kappa shape index (κ2) is 9.70. The van der Waals surface area contributed by atoms with Crippen LogP contribution < -0.4 is 14.9 Å². The summed E-state index contributed by atoms with van der Waals surface area (Å²) in [5, 5.41) is 3.33. The van der Waals surface area contributed by atoms with Crippen molar-refractivity contribution in [1.82, 2.24) is 10.2 Å². The molecular weight excluding hydrogens is 440 g/mol. The van der Waals surface area contributed by atoms with E-state index < -0.39 is 10.0 Å². The Labute approximate surface area is 196 Å². The second-order valence-corrected chi connectivity index (χ2v) is 10.3. The fraction of sp³-hybridized carbons (Fsp3) is 0.458. The Kier molecular flexibility index (Phi) is 6.92. The minimum Gasteiger partial charge on any atom is -0.378 e. The highest BCUT2D eigenvalue weighted by Crippen LogP contribution is 2.29. The Hall–Kier alpha value is -2.62. The van der Waals surface area contributed by atoms with E-state index in [0.29, 0.717) is 48.7 Å². The number of carbonyl (C=O) groups excluding carboxylic acids is 1. The lowest BCUT2D eigenvalue weighted by molar-refractivity contribution is 0.0303. The number of rotatable bonds is 5. The highest BCUT2D eigenvalue weighted by atomic mass is 32.2. The first kappa shape index (κ1) is 23.5. The molecule has 9 heteroatoms. The predicted octanol–water partition coefficient (Wildman–Crippen LogP) is 2.29. The molecule has 0 aromatic heterocycles. The number of carbonyl (C=O) groups is 1.